The Labute approximate surface area is 132 Å². The van der Waals surface area contributed by atoms with E-state index in [4.69, 9.17) is 39.6 Å². The summed E-state index contributed by atoms with van der Waals surface area (Å²) in [6.45, 7) is 2.00. The summed E-state index contributed by atoms with van der Waals surface area (Å²) in [6.07, 6.45) is 0. The molecule has 0 rings (SSSR count). The van der Waals surface area contributed by atoms with Gasteiger partial charge in [0.2, 0.25) is 0 Å². The first-order chi connectivity index (χ1) is 5.66. The van der Waals surface area contributed by atoms with Crippen molar-refractivity contribution in [1.29, 1.82) is 0 Å². The molecule has 0 atom stereocenters. The predicted molar refractivity (Wildman–Crippen MR) is 39.0 cm³/mol. The molecule has 0 unspecified atom stereocenters. The van der Waals surface area contributed by atoms with Gasteiger partial charge in [0.25, 0.3) is 0 Å². The van der Waals surface area contributed by atoms with Crippen LogP contribution in [-0.2, 0) is 38.7 Å². The molecule has 0 heterocycles. The van der Waals surface area contributed by atoms with Gasteiger partial charge in [-0.15, -0.1) is 0 Å². The maximum absolute atomic E-state index is 8.24. The fourth-order valence-corrected chi connectivity index (χ4v) is 0. The molecule has 0 saturated carbocycles. The molecule has 4 N–H and O–H groups in total. The molecule has 0 aliphatic heterocycles. The first-order valence-corrected chi connectivity index (χ1v) is 1.71. The van der Waals surface area contributed by atoms with E-state index in [0.717, 1.165) is 0 Å². The van der Waals surface area contributed by atoms with Crippen molar-refractivity contribution in [3.63, 3.8) is 0 Å². The zero-order valence-electron chi connectivity index (χ0n) is 6.84. The summed E-state index contributed by atoms with van der Waals surface area (Å²) in [4.78, 5) is 32.9. The smallest absolute Gasteiger partial charge is 0.665 e. The van der Waals surface area contributed by atoms with Crippen molar-refractivity contribution in [2.75, 3.05) is 0 Å². The van der Waals surface area contributed by atoms with Crippen molar-refractivity contribution in [3.05, 3.63) is 0 Å². The van der Waals surface area contributed by atoms with Crippen LogP contribution in [-0.4, -0.2) is 95.2 Å². The van der Waals surface area contributed by atoms with Gasteiger partial charge in [0.1, 0.15) is 0 Å². The van der Waals surface area contributed by atoms with E-state index < -0.39 is 0 Å². The topological polar surface area (TPSA) is 149 Å². The van der Waals surface area contributed by atoms with Gasteiger partial charge in [0, 0.05) is 0 Å². The Bertz CT molecular complexity index is 75.3. The molecule has 0 saturated heterocycles. The van der Waals surface area contributed by atoms with Crippen molar-refractivity contribution >= 4 is 74.8 Å². The second kappa shape index (κ2) is 115. The first-order valence-electron chi connectivity index (χ1n) is 1.71. The van der Waals surface area contributed by atoms with Gasteiger partial charge in [-0.3, -0.25) is 0 Å². The largest absolute Gasteiger partial charge is 2.00 e. The van der Waals surface area contributed by atoms with Gasteiger partial charge < -0.3 is 39.6 Å². The first kappa shape index (κ1) is 36.9. The van der Waals surface area contributed by atoms with E-state index in [1.54, 1.807) is 0 Å². The van der Waals surface area contributed by atoms with Crippen molar-refractivity contribution in [2.24, 2.45) is 0 Å². The van der Waals surface area contributed by atoms with Gasteiger partial charge in [-0.25, -0.2) is 0 Å². The van der Waals surface area contributed by atoms with Gasteiger partial charge in [-0.1, -0.05) is 25.9 Å². The van der Waals surface area contributed by atoms with Crippen LogP contribution in [0.25, 0.3) is 0 Å². The van der Waals surface area contributed by atoms with E-state index >= 15 is 0 Å². The third-order valence-electron chi connectivity index (χ3n) is 0. The average molecular weight is 383 g/mol. The summed E-state index contributed by atoms with van der Waals surface area (Å²) < 4.78 is 0. The van der Waals surface area contributed by atoms with Crippen LogP contribution in [0.3, 0.4) is 0 Å². The molecule has 0 spiro atoms. The molecule has 0 fully saturated rings. The number of rotatable bonds is 0. The minimum Gasteiger partial charge on any atom is -0.665 e. The van der Waals surface area contributed by atoms with Crippen molar-refractivity contribution in [3.8, 4) is 0 Å². The predicted octanol–water partition coefficient (Wildman–Crippen LogP) is -1.94. The van der Waals surface area contributed by atoms with Crippen LogP contribution >= 0.6 is 0 Å². The van der Waals surface area contributed by atoms with Crippen LogP contribution in [0.2, 0.25) is 0 Å². The molecule has 0 radical (unpaired) electrons. The van der Waals surface area contributed by atoms with E-state index in [1.807, 2.05) is 0 Å². The van der Waals surface area contributed by atoms with Crippen molar-refractivity contribution < 1.29 is 59.1 Å². The fraction of sp³-hybridized carbons (Fsp3) is 0. The quantitative estimate of drug-likeness (QED) is 0.279. The van der Waals surface area contributed by atoms with Crippen LogP contribution in [0.1, 0.15) is 0 Å². The Morgan fingerprint density at radius 3 is 0.571 bits per heavy atom. The Balaban J connectivity index is -0.0000000145. The maximum atomic E-state index is 8.24. The number of aliphatic hydroxyl groups excluding tert-OH is 4. The van der Waals surface area contributed by atoms with Gasteiger partial charge >= 0.3 is 68.4 Å². The Morgan fingerprint density at radius 1 is 0.571 bits per heavy atom. The van der Waals surface area contributed by atoms with Gasteiger partial charge in [-0.2, -0.15) is 0 Å². The van der Waals surface area contributed by atoms with E-state index in [9.17, 15) is 0 Å². The van der Waals surface area contributed by atoms with Crippen molar-refractivity contribution in [1.82, 2.24) is 0 Å². The van der Waals surface area contributed by atoms with Gasteiger partial charge in [0.05, 0.1) is 0 Å². The molecule has 0 aromatic heterocycles. The van der Waals surface area contributed by atoms with Crippen LogP contribution < -0.4 is 0 Å². The van der Waals surface area contributed by atoms with Crippen LogP contribution in [0.4, 0.5) is 0 Å². The maximum Gasteiger partial charge on any atom is 2.00 e. The van der Waals surface area contributed by atoms with E-state index in [2.05, 4.69) is 0 Å². The Kier molecular flexibility index (Phi) is 303. The molecule has 0 amide bonds. The van der Waals surface area contributed by atoms with Crippen LogP contribution in [0.15, 0.2) is 0 Å². The van der Waals surface area contributed by atoms with E-state index in [0.29, 0.717) is 25.9 Å². The number of hydrogen-bond acceptors (Lipinski definition) is 4. The summed E-state index contributed by atoms with van der Waals surface area (Å²) in [5, 5.41) is 27.1. The summed E-state index contributed by atoms with van der Waals surface area (Å²) >= 11 is 0. The van der Waals surface area contributed by atoms with E-state index in [1.165, 1.54) is 0 Å². The molecule has 0 aromatic rings. The van der Waals surface area contributed by atoms with Crippen LogP contribution in [0, 0.1) is 0 Å². The summed E-state index contributed by atoms with van der Waals surface area (Å²) in [5.41, 5.74) is 0. The third kappa shape index (κ3) is 265000. The molecule has 8 nitrogen and oxygen atoms in total. The zero-order chi connectivity index (χ0) is 10.8. The second-order valence-corrected chi connectivity index (χ2v) is 0.365. The minimum absolute atomic E-state index is 0. The molecule has 10 heteroatoms. The molecular weight excluding hydrogens is 379 g/mol. The fourth-order valence-electron chi connectivity index (χ4n) is 0. The Hall–Kier alpha value is 0.0748. The number of hydrogen-bond donors (Lipinski definition) is 4. The van der Waals surface area contributed by atoms with Gasteiger partial charge in [0.15, 0.2) is 0 Å². The molecule has 0 aromatic carbocycles. The average Bonchev–Trinajstić information content (AvgIpc) is 1.92. The molecular formula is C4H4BaO8Zn. The Morgan fingerprint density at radius 2 is 0.571 bits per heavy atom. The molecule has 0 bridgehead atoms. The molecule has 0 aliphatic rings. The summed E-state index contributed by atoms with van der Waals surface area (Å²) in [5.74, 6) is 0. The zero-order valence-corrected chi connectivity index (χ0v) is 14.2. The van der Waals surface area contributed by atoms with Gasteiger partial charge in [-0.05, 0) is 0 Å². The standard InChI is InChI=1S/4CHO2.Ba.Zn/c4*2-1-3;;/h4*(H,2,3);;/q4*-1;2*+2. The summed E-state index contributed by atoms with van der Waals surface area (Å²) in [6, 6.07) is 0. The monoisotopic (exact) mass is 382 g/mol. The third-order valence-corrected chi connectivity index (χ3v) is 0. The molecule has 0 aliphatic carbocycles. The summed E-state index contributed by atoms with van der Waals surface area (Å²) in [7, 11) is 0. The normalized spacial score (nSPS) is 3.43. The van der Waals surface area contributed by atoms with Crippen molar-refractivity contribution in [2.45, 2.75) is 0 Å². The molecule has 14 heavy (non-hydrogen) atoms. The molecule has 72 valence electrons. The SMILES string of the molecule is O=[C-]O.O=[C-]O.O=[C-]O.O=[C-]O.[Ba+2].[Zn+2]. The van der Waals surface area contributed by atoms with Crippen LogP contribution in [0.5, 0.6) is 0 Å². The van der Waals surface area contributed by atoms with E-state index in [-0.39, 0.29) is 68.4 Å². The minimum atomic E-state index is 0. The second-order valence-electron chi connectivity index (χ2n) is 0.365.